The van der Waals surface area contributed by atoms with E-state index >= 15 is 0 Å². The van der Waals surface area contributed by atoms with Crippen molar-refractivity contribution in [2.24, 2.45) is 5.92 Å². The number of rotatable bonds is 7. The summed E-state index contributed by atoms with van der Waals surface area (Å²) in [6, 6.07) is 1.97. The molecule has 0 saturated heterocycles. The number of amides is 1. The van der Waals surface area contributed by atoms with Gasteiger partial charge in [-0.05, 0) is 37.1 Å². The van der Waals surface area contributed by atoms with Crippen LogP contribution in [-0.4, -0.2) is 35.6 Å². The van der Waals surface area contributed by atoms with Crippen LogP contribution >= 0.6 is 0 Å². The van der Waals surface area contributed by atoms with Gasteiger partial charge in [0.2, 0.25) is 0 Å². The van der Waals surface area contributed by atoms with E-state index in [0.29, 0.717) is 0 Å². The molecule has 0 aromatic heterocycles. The molecule has 0 aliphatic carbocycles. The summed E-state index contributed by atoms with van der Waals surface area (Å²) in [6.07, 6.45) is -4.76. The summed E-state index contributed by atoms with van der Waals surface area (Å²) in [6.45, 7) is 3.19. The topological polar surface area (TPSA) is 92.7 Å². The maximum Gasteiger partial charge on any atom is 0.416 e. The highest BCUT2D eigenvalue weighted by molar-refractivity contribution is 5.96. The third kappa shape index (κ3) is 6.09. The molecule has 0 aliphatic heterocycles. The van der Waals surface area contributed by atoms with Crippen molar-refractivity contribution in [3.63, 3.8) is 0 Å². The Bertz CT molecular complexity index is 628. The number of hydrogen-bond acceptors (Lipinski definition) is 4. The standard InChI is InChI=1S/C16H18F3NO5/c1-3-25-12(21)8-9(2)13(15(23)24)20-14(22)10-4-6-11(7-5-10)16(17,18)19/h4-7,9,13H,3,8H2,1-2H3,(H,20,22)(H,23,24)/t9-,13+/m1/s1. The SMILES string of the molecule is CCOC(=O)C[C@@H](C)[C@H](NC(=O)c1ccc(C(F)(F)F)cc1)C(=O)O. The lowest BCUT2D eigenvalue weighted by molar-refractivity contribution is -0.146. The molecule has 0 radical (unpaired) electrons. The van der Waals surface area contributed by atoms with Gasteiger partial charge in [0, 0.05) is 5.56 Å². The molecule has 0 heterocycles. The Kier molecular flexibility index (Phi) is 6.96. The van der Waals surface area contributed by atoms with Crippen molar-refractivity contribution in [2.45, 2.75) is 32.5 Å². The third-order valence-corrected chi connectivity index (χ3v) is 3.39. The normalized spacial score (nSPS) is 13.6. The first-order chi connectivity index (χ1) is 11.6. The van der Waals surface area contributed by atoms with E-state index < -0.39 is 41.5 Å². The zero-order chi connectivity index (χ0) is 19.2. The summed E-state index contributed by atoms with van der Waals surface area (Å²) in [7, 11) is 0. The van der Waals surface area contributed by atoms with Crippen molar-refractivity contribution >= 4 is 17.8 Å². The number of alkyl halides is 3. The highest BCUT2D eigenvalue weighted by Crippen LogP contribution is 2.29. The van der Waals surface area contributed by atoms with E-state index in [-0.39, 0.29) is 18.6 Å². The van der Waals surface area contributed by atoms with Crippen LogP contribution in [0.4, 0.5) is 13.2 Å². The number of carbonyl (C=O) groups is 3. The van der Waals surface area contributed by atoms with E-state index in [1.807, 2.05) is 0 Å². The van der Waals surface area contributed by atoms with Crippen molar-refractivity contribution in [3.05, 3.63) is 35.4 Å². The molecule has 1 aromatic carbocycles. The summed E-state index contributed by atoms with van der Waals surface area (Å²) < 4.78 is 42.2. The van der Waals surface area contributed by atoms with E-state index in [1.165, 1.54) is 6.92 Å². The average molecular weight is 361 g/mol. The maximum atomic E-state index is 12.5. The number of carboxylic acid groups (broad SMARTS) is 1. The minimum atomic E-state index is -4.53. The Hall–Kier alpha value is -2.58. The number of benzene rings is 1. The molecule has 0 saturated carbocycles. The van der Waals surface area contributed by atoms with Crippen LogP contribution in [0.25, 0.3) is 0 Å². The predicted molar refractivity (Wildman–Crippen MR) is 80.7 cm³/mol. The lowest BCUT2D eigenvalue weighted by atomic mass is 9.98. The van der Waals surface area contributed by atoms with Crippen LogP contribution in [-0.2, 0) is 20.5 Å². The first kappa shape index (κ1) is 20.5. The Morgan fingerprint density at radius 2 is 1.76 bits per heavy atom. The summed E-state index contributed by atoms with van der Waals surface area (Å²) in [4.78, 5) is 34.8. The van der Waals surface area contributed by atoms with Gasteiger partial charge < -0.3 is 15.2 Å². The molecule has 0 spiro atoms. The highest BCUT2D eigenvalue weighted by Gasteiger charge is 2.31. The molecule has 1 amide bonds. The molecule has 1 aromatic rings. The molecular weight excluding hydrogens is 343 g/mol. The van der Waals surface area contributed by atoms with Crippen LogP contribution in [0.2, 0.25) is 0 Å². The third-order valence-electron chi connectivity index (χ3n) is 3.39. The molecule has 6 nitrogen and oxygen atoms in total. The number of esters is 1. The molecule has 2 N–H and O–H groups in total. The minimum Gasteiger partial charge on any atom is -0.480 e. The molecular formula is C16H18F3NO5. The van der Waals surface area contributed by atoms with Crippen LogP contribution in [0.1, 0.15) is 36.2 Å². The average Bonchev–Trinajstić information content (AvgIpc) is 2.51. The van der Waals surface area contributed by atoms with Crippen molar-refractivity contribution < 1.29 is 37.4 Å². The largest absolute Gasteiger partial charge is 0.480 e. The van der Waals surface area contributed by atoms with Gasteiger partial charge in [0.15, 0.2) is 0 Å². The molecule has 9 heteroatoms. The first-order valence-corrected chi connectivity index (χ1v) is 7.42. The molecule has 138 valence electrons. The summed E-state index contributed by atoms with van der Waals surface area (Å²) >= 11 is 0. The van der Waals surface area contributed by atoms with Gasteiger partial charge in [0.05, 0.1) is 18.6 Å². The fraction of sp³-hybridized carbons (Fsp3) is 0.438. The van der Waals surface area contributed by atoms with Crippen LogP contribution in [0.5, 0.6) is 0 Å². The number of carbonyl (C=O) groups excluding carboxylic acids is 2. The molecule has 0 bridgehead atoms. The van der Waals surface area contributed by atoms with Gasteiger partial charge in [0.25, 0.3) is 5.91 Å². The van der Waals surface area contributed by atoms with Crippen LogP contribution in [0.15, 0.2) is 24.3 Å². The number of hydrogen-bond donors (Lipinski definition) is 2. The fourth-order valence-corrected chi connectivity index (χ4v) is 2.08. The van der Waals surface area contributed by atoms with E-state index in [9.17, 15) is 32.7 Å². The van der Waals surface area contributed by atoms with Crippen molar-refractivity contribution in [1.29, 1.82) is 0 Å². The van der Waals surface area contributed by atoms with Gasteiger partial charge in [-0.25, -0.2) is 4.79 Å². The second-order valence-corrected chi connectivity index (χ2v) is 5.35. The van der Waals surface area contributed by atoms with Gasteiger partial charge in [-0.3, -0.25) is 9.59 Å². The van der Waals surface area contributed by atoms with Crippen molar-refractivity contribution in [3.8, 4) is 0 Å². The lowest BCUT2D eigenvalue weighted by Gasteiger charge is -2.21. The van der Waals surface area contributed by atoms with Crippen LogP contribution in [0, 0.1) is 5.92 Å². The zero-order valence-electron chi connectivity index (χ0n) is 13.6. The molecule has 0 fully saturated rings. The summed E-state index contributed by atoms with van der Waals surface area (Å²) in [5.41, 5.74) is -1.04. The Morgan fingerprint density at radius 1 is 1.20 bits per heavy atom. The number of carboxylic acids is 1. The van der Waals surface area contributed by atoms with E-state index in [1.54, 1.807) is 6.92 Å². The lowest BCUT2D eigenvalue weighted by Crippen LogP contribution is -2.45. The monoisotopic (exact) mass is 361 g/mol. The predicted octanol–water partition coefficient (Wildman–Crippen LogP) is 2.48. The Labute approximate surface area is 142 Å². The van der Waals surface area contributed by atoms with Gasteiger partial charge in [-0.2, -0.15) is 13.2 Å². The van der Waals surface area contributed by atoms with E-state index in [0.717, 1.165) is 24.3 Å². The minimum absolute atomic E-state index is 0.123. The number of halogens is 3. The second-order valence-electron chi connectivity index (χ2n) is 5.35. The maximum absolute atomic E-state index is 12.5. The van der Waals surface area contributed by atoms with Crippen LogP contribution < -0.4 is 5.32 Å². The molecule has 0 unspecified atom stereocenters. The molecule has 0 aliphatic rings. The van der Waals surface area contributed by atoms with Crippen molar-refractivity contribution in [1.82, 2.24) is 5.32 Å². The fourth-order valence-electron chi connectivity index (χ4n) is 2.08. The number of ether oxygens (including phenoxy) is 1. The van der Waals surface area contributed by atoms with Gasteiger partial charge in [-0.1, -0.05) is 6.92 Å². The number of nitrogens with one attached hydrogen (secondary N) is 1. The Balaban J connectivity index is 2.82. The van der Waals surface area contributed by atoms with Crippen molar-refractivity contribution in [2.75, 3.05) is 6.61 Å². The molecule has 25 heavy (non-hydrogen) atoms. The van der Waals surface area contributed by atoms with Gasteiger partial charge in [0.1, 0.15) is 6.04 Å². The zero-order valence-corrected chi connectivity index (χ0v) is 13.6. The quantitative estimate of drug-likeness (QED) is 0.728. The van der Waals surface area contributed by atoms with E-state index in [4.69, 9.17) is 4.74 Å². The van der Waals surface area contributed by atoms with E-state index in [2.05, 4.69) is 5.32 Å². The summed E-state index contributed by atoms with van der Waals surface area (Å²) in [5.74, 6) is -3.59. The Morgan fingerprint density at radius 3 is 2.20 bits per heavy atom. The molecule has 1 rings (SSSR count). The van der Waals surface area contributed by atoms with Gasteiger partial charge in [-0.15, -0.1) is 0 Å². The second kappa shape index (κ2) is 8.50. The number of aliphatic carboxylic acids is 1. The van der Waals surface area contributed by atoms with Crippen LogP contribution in [0.3, 0.4) is 0 Å². The summed E-state index contributed by atoms with van der Waals surface area (Å²) in [5, 5.41) is 11.4. The first-order valence-electron chi connectivity index (χ1n) is 7.42. The highest BCUT2D eigenvalue weighted by atomic mass is 19.4. The smallest absolute Gasteiger partial charge is 0.416 e. The van der Waals surface area contributed by atoms with Gasteiger partial charge >= 0.3 is 18.1 Å². The molecule has 2 atom stereocenters.